The molecular weight excluding hydrogens is 368 g/mol. The summed E-state index contributed by atoms with van der Waals surface area (Å²) < 4.78 is 5.07. The van der Waals surface area contributed by atoms with Crippen molar-refractivity contribution < 1.29 is 14.3 Å². The minimum Gasteiger partial charge on any atom is -0.450 e. The number of carbonyl (C=O) groups is 2. The molecule has 0 saturated carbocycles. The van der Waals surface area contributed by atoms with E-state index in [-0.39, 0.29) is 18.0 Å². The third kappa shape index (κ3) is 4.18. The van der Waals surface area contributed by atoms with Crippen LogP contribution in [0.25, 0.3) is 0 Å². The van der Waals surface area contributed by atoms with Crippen molar-refractivity contribution in [2.45, 2.75) is 32.2 Å². The molecule has 7 nitrogen and oxygen atoms in total. The van der Waals surface area contributed by atoms with Crippen LogP contribution in [0.15, 0.2) is 42.7 Å². The fourth-order valence-corrected chi connectivity index (χ4v) is 4.00. The summed E-state index contributed by atoms with van der Waals surface area (Å²) in [6, 6.07) is 10.1. The largest absolute Gasteiger partial charge is 0.450 e. The predicted molar refractivity (Wildman–Crippen MR) is 111 cm³/mol. The summed E-state index contributed by atoms with van der Waals surface area (Å²) in [4.78, 5) is 32.7. The highest BCUT2D eigenvalue weighted by Crippen LogP contribution is 2.29. The number of fused-ring (bicyclic) bond motifs is 1. The maximum Gasteiger partial charge on any atom is 0.409 e. The molecule has 1 fully saturated rings. The Bertz CT molecular complexity index is 893. The number of aromatic nitrogens is 1. The second-order valence-electron chi connectivity index (χ2n) is 7.40. The SMILES string of the molecule is CCOC(=O)N1CCC(Nc2cncc(C(=O)N3CCc4ccccc43)c2)CC1. The molecule has 2 aromatic rings. The van der Waals surface area contributed by atoms with E-state index in [9.17, 15) is 9.59 Å². The van der Waals surface area contributed by atoms with Crippen LogP contribution in [-0.4, -0.2) is 54.2 Å². The van der Waals surface area contributed by atoms with Crippen molar-refractivity contribution in [1.82, 2.24) is 9.88 Å². The standard InChI is InChI=1S/C22H26N4O3/c1-2-29-22(28)25-10-8-18(9-11-25)24-19-13-17(14-23-15-19)21(27)26-12-7-16-5-3-4-6-20(16)26/h3-6,13-15,18,24H,2,7-12H2,1H3. The molecule has 3 heterocycles. The quantitative estimate of drug-likeness (QED) is 0.861. The number of anilines is 2. The third-order valence-electron chi connectivity index (χ3n) is 5.51. The summed E-state index contributed by atoms with van der Waals surface area (Å²) in [5.74, 6) is -0.0248. The Hall–Kier alpha value is -3.09. The van der Waals surface area contributed by atoms with Crippen LogP contribution in [0.3, 0.4) is 0 Å². The highest BCUT2D eigenvalue weighted by Gasteiger charge is 2.26. The number of nitrogens with zero attached hydrogens (tertiary/aromatic N) is 3. The maximum atomic E-state index is 13.0. The first-order valence-electron chi connectivity index (χ1n) is 10.2. The Morgan fingerprint density at radius 1 is 1.17 bits per heavy atom. The molecule has 0 radical (unpaired) electrons. The lowest BCUT2D eigenvalue weighted by Crippen LogP contribution is -2.42. The molecular formula is C22H26N4O3. The van der Waals surface area contributed by atoms with Gasteiger partial charge in [-0.25, -0.2) is 4.79 Å². The number of amides is 2. The minimum atomic E-state index is -0.244. The lowest BCUT2D eigenvalue weighted by Gasteiger charge is -2.32. The Balaban J connectivity index is 1.39. The molecule has 0 aliphatic carbocycles. The van der Waals surface area contributed by atoms with E-state index >= 15 is 0 Å². The average Bonchev–Trinajstić information content (AvgIpc) is 3.18. The number of carbonyl (C=O) groups excluding carboxylic acids is 2. The molecule has 1 saturated heterocycles. The molecule has 0 spiro atoms. The molecule has 152 valence electrons. The van der Waals surface area contributed by atoms with E-state index in [0.29, 0.717) is 31.8 Å². The van der Waals surface area contributed by atoms with Gasteiger partial charge in [-0.3, -0.25) is 9.78 Å². The lowest BCUT2D eigenvalue weighted by molar-refractivity contribution is 0.0976. The minimum absolute atomic E-state index is 0.0248. The molecule has 7 heteroatoms. The lowest BCUT2D eigenvalue weighted by atomic mass is 10.0. The van der Waals surface area contributed by atoms with Crippen molar-refractivity contribution in [2.75, 3.05) is 36.5 Å². The molecule has 1 N–H and O–H groups in total. The molecule has 2 aliphatic heterocycles. The van der Waals surface area contributed by atoms with Crippen molar-refractivity contribution in [3.05, 3.63) is 53.9 Å². The van der Waals surface area contributed by atoms with Gasteiger partial charge in [-0.05, 0) is 43.9 Å². The van der Waals surface area contributed by atoms with Crippen LogP contribution in [-0.2, 0) is 11.2 Å². The summed E-state index contributed by atoms with van der Waals surface area (Å²) >= 11 is 0. The van der Waals surface area contributed by atoms with Crippen molar-refractivity contribution in [2.24, 2.45) is 0 Å². The van der Waals surface area contributed by atoms with Gasteiger partial charge in [0, 0.05) is 43.8 Å². The van der Waals surface area contributed by atoms with Gasteiger partial charge in [-0.1, -0.05) is 18.2 Å². The first-order chi connectivity index (χ1) is 14.2. The van der Waals surface area contributed by atoms with E-state index in [0.717, 1.165) is 30.6 Å². The number of hydrogen-bond donors (Lipinski definition) is 1. The third-order valence-corrected chi connectivity index (χ3v) is 5.51. The summed E-state index contributed by atoms with van der Waals surface area (Å²) in [7, 11) is 0. The van der Waals surface area contributed by atoms with Gasteiger partial charge >= 0.3 is 6.09 Å². The number of ether oxygens (including phenoxy) is 1. The molecule has 1 aromatic heterocycles. The topological polar surface area (TPSA) is 74.8 Å². The fraction of sp³-hybridized carbons (Fsp3) is 0.409. The van der Waals surface area contributed by atoms with Crippen LogP contribution in [0.5, 0.6) is 0 Å². The highest BCUT2D eigenvalue weighted by molar-refractivity contribution is 6.07. The van der Waals surface area contributed by atoms with Gasteiger partial charge in [-0.2, -0.15) is 0 Å². The number of pyridine rings is 1. The molecule has 2 aliphatic rings. The van der Waals surface area contributed by atoms with E-state index in [1.54, 1.807) is 17.3 Å². The zero-order chi connectivity index (χ0) is 20.2. The van der Waals surface area contributed by atoms with Crippen molar-refractivity contribution in [3.63, 3.8) is 0 Å². The molecule has 1 aromatic carbocycles. The van der Waals surface area contributed by atoms with Gasteiger partial charge in [-0.15, -0.1) is 0 Å². The second kappa shape index (κ2) is 8.51. The molecule has 4 rings (SSSR count). The Morgan fingerprint density at radius 2 is 1.97 bits per heavy atom. The molecule has 0 atom stereocenters. The number of benzene rings is 1. The first-order valence-corrected chi connectivity index (χ1v) is 10.2. The van der Waals surface area contributed by atoms with Crippen LogP contribution in [0, 0.1) is 0 Å². The van der Waals surface area contributed by atoms with Crippen molar-refractivity contribution in [1.29, 1.82) is 0 Å². The van der Waals surface area contributed by atoms with Crippen LogP contribution in [0.2, 0.25) is 0 Å². The number of nitrogens with one attached hydrogen (secondary N) is 1. The van der Waals surface area contributed by atoms with Gasteiger partial charge in [0.1, 0.15) is 0 Å². The van der Waals surface area contributed by atoms with Crippen molar-refractivity contribution >= 4 is 23.4 Å². The summed E-state index contributed by atoms with van der Waals surface area (Å²) in [5, 5.41) is 3.47. The molecule has 0 bridgehead atoms. The highest BCUT2D eigenvalue weighted by atomic mass is 16.6. The number of piperidine rings is 1. The average molecular weight is 394 g/mol. The molecule has 2 amide bonds. The molecule has 0 unspecified atom stereocenters. The smallest absolute Gasteiger partial charge is 0.409 e. The second-order valence-corrected chi connectivity index (χ2v) is 7.40. The van der Waals surface area contributed by atoms with E-state index in [4.69, 9.17) is 4.74 Å². The number of para-hydroxylation sites is 1. The number of likely N-dealkylation sites (tertiary alicyclic amines) is 1. The van der Waals surface area contributed by atoms with Gasteiger partial charge in [0.2, 0.25) is 0 Å². The van der Waals surface area contributed by atoms with E-state index in [1.165, 1.54) is 5.56 Å². The van der Waals surface area contributed by atoms with Gasteiger partial charge < -0.3 is 19.9 Å². The summed E-state index contributed by atoms with van der Waals surface area (Å²) in [6.45, 7) is 4.22. The summed E-state index contributed by atoms with van der Waals surface area (Å²) in [5.41, 5.74) is 3.60. The van der Waals surface area contributed by atoms with Crippen LogP contribution in [0.4, 0.5) is 16.2 Å². The Kier molecular flexibility index (Phi) is 5.64. The van der Waals surface area contributed by atoms with Gasteiger partial charge in [0.15, 0.2) is 0 Å². The van der Waals surface area contributed by atoms with Crippen LogP contribution in [0.1, 0.15) is 35.7 Å². The van der Waals surface area contributed by atoms with Crippen LogP contribution < -0.4 is 10.2 Å². The first kappa shape index (κ1) is 19.2. The monoisotopic (exact) mass is 394 g/mol. The Morgan fingerprint density at radius 3 is 2.76 bits per heavy atom. The van der Waals surface area contributed by atoms with Crippen LogP contribution >= 0.6 is 0 Å². The van der Waals surface area contributed by atoms with E-state index in [2.05, 4.69) is 16.4 Å². The summed E-state index contributed by atoms with van der Waals surface area (Å²) in [6.07, 6.45) is 5.66. The fourth-order valence-electron chi connectivity index (χ4n) is 4.00. The number of rotatable bonds is 4. The maximum absolute atomic E-state index is 13.0. The van der Waals surface area contributed by atoms with Gasteiger partial charge in [0.25, 0.3) is 5.91 Å². The molecule has 29 heavy (non-hydrogen) atoms. The van der Waals surface area contributed by atoms with E-state index < -0.39 is 0 Å². The predicted octanol–water partition coefficient (Wildman–Crippen LogP) is 3.32. The normalized spacial score (nSPS) is 16.4. The van der Waals surface area contributed by atoms with Crippen molar-refractivity contribution in [3.8, 4) is 0 Å². The van der Waals surface area contributed by atoms with Gasteiger partial charge in [0.05, 0.1) is 17.9 Å². The zero-order valence-electron chi connectivity index (χ0n) is 16.6. The Labute approximate surface area is 170 Å². The van der Waals surface area contributed by atoms with E-state index in [1.807, 2.05) is 36.1 Å². The zero-order valence-corrected chi connectivity index (χ0v) is 16.6. The number of hydrogen-bond acceptors (Lipinski definition) is 5.